The van der Waals surface area contributed by atoms with Crippen LogP contribution in [-0.4, -0.2) is 9.13 Å². The van der Waals surface area contributed by atoms with Gasteiger partial charge in [-0.2, -0.15) is 0 Å². The first-order valence-electron chi connectivity index (χ1n) is 20.7. The fourth-order valence-corrected chi connectivity index (χ4v) is 9.44. The Morgan fingerprint density at radius 1 is 0.281 bits per heavy atom. The van der Waals surface area contributed by atoms with Gasteiger partial charge in [-0.3, -0.25) is 0 Å². The lowest BCUT2D eigenvalue weighted by Crippen LogP contribution is -1.97. The minimum atomic E-state index is 0.559. The number of benzene rings is 9. The van der Waals surface area contributed by atoms with E-state index in [4.69, 9.17) is 26.3 Å². The molecule has 0 amide bonds. The molecule has 0 N–H and O–H groups in total. The van der Waals surface area contributed by atoms with E-state index in [9.17, 15) is 0 Å². The van der Waals surface area contributed by atoms with Crippen LogP contribution >= 0.6 is 0 Å². The van der Waals surface area contributed by atoms with Crippen molar-refractivity contribution >= 4 is 66.4 Å². The monoisotopic (exact) mass is 812 g/mol. The van der Waals surface area contributed by atoms with Crippen LogP contribution in [0.4, 0.5) is 22.7 Å². The molecule has 0 spiro atoms. The lowest BCUT2D eigenvalue weighted by molar-refractivity contribution is 1.17. The quantitative estimate of drug-likeness (QED) is 0.150. The van der Waals surface area contributed by atoms with Gasteiger partial charge in [0.05, 0.1) is 48.4 Å². The first kappa shape index (κ1) is 37.5. The molecule has 0 aliphatic heterocycles. The Kier molecular flexibility index (Phi) is 8.93. The zero-order valence-electron chi connectivity index (χ0n) is 34.2. The van der Waals surface area contributed by atoms with E-state index >= 15 is 0 Å². The van der Waals surface area contributed by atoms with Crippen LogP contribution in [0.5, 0.6) is 0 Å². The number of hydrogen-bond donors (Lipinski definition) is 0. The van der Waals surface area contributed by atoms with Crippen molar-refractivity contribution in [3.63, 3.8) is 0 Å². The van der Waals surface area contributed by atoms with Crippen molar-refractivity contribution in [2.24, 2.45) is 0 Å². The Bertz CT molecular complexity index is 3500. The molecule has 294 valence electrons. The highest BCUT2D eigenvalue weighted by Crippen LogP contribution is 2.46. The van der Waals surface area contributed by atoms with Gasteiger partial charge in [-0.1, -0.05) is 133 Å². The summed E-state index contributed by atoms with van der Waals surface area (Å²) in [5.41, 5.74) is 15.0. The Labute approximate surface area is 369 Å². The Morgan fingerprint density at radius 3 is 0.875 bits per heavy atom. The molecule has 0 fully saturated rings. The fraction of sp³-hybridized carbons (Fsp3) is 0. The number of aromatic nitrogens is 2. The molecule has 0 saturated carbocycles. The highest BCUT2D eigenvalue weighted by atomic mass is 15.0. The van der Waals surface area contributed by atoms with E-state index in [1.807, 2.05) is 97.1 Å². The van der Waals surface area contributed by atoms with Gasteiger partial charge >= 0.3 is 0 Å². The van der Waals surface area contributed by atoms with Gasteiger partial charge in [0, 0.05) is 32.9 Å². The van der Waals surface area contributed by atoms with Gasteiger partial charge < -0.3 is 9.13 Å². The molecule has 6 nitrogen and oxygen atoms in total. The summed E-state index contributed by atoms with van der Waals surface area (Å²) in [6.07, 6.45) is 0. The third kappa shape index (κ3) is 5.92. The zero-order valence-corrected chi connectivity index (χ0v) is 34.2. The molecule has 6 heteroatoms. The van der Waals surface area contributed by atoms with E-state index in [1.165, 1.54) is 0 Å². The fourth-order valence-electron chi connectivity index (χ4n) is 9.44. The highest BCUT2D eigenvalue weighted by molar-refractivity contribution is 6.29. The van der Waals surface area contributed by atoms with Gasteiger partial charge in [0.25, 0.3) is 0 Å². The maximum atomic E-state index is 8.03. The summed E-state index contributed by atoms with van der Waals surface area (Å²) >= 11 is 0. The number of para-hydroxylation sites is 6. The van der Waals surface area contributed by atoms with E-state index < -0.39 is 0 Å². The standard InChI is InChI=1S/C58H32N6/c1-59-49-23-11-5-17-43(49)37-31-38(44-18-6-12-24-50(44)60-2)34-41(33-37)63-53-27-15-9-21-47(53)57-55(63)29-30-56-58(57)48-22-10-16-28-54(48)64(56)42-35-39(45-19-7-13-25-51(45)61-3)32-40(36-42)46-20-8-14-26-52(46)62-4/h5-36H. The van der Waals surface area contributed by atoms with Crippen molar-refractivity contribution in [3.05, 3.63) is 240 Å². The molecule has 0 bridgehead atoms. The van der Waals surface area contributed by atoms with Crippen molar-refractivity contribution in [3.8, 4) is 55.9 Å². The third-order valence-corrected chi connectivity index (χ3v) is 12.2. The summed E-state index contributed by atoms with van der Waals surface area (Å²) in [4.78, 5) is 15.6. The SMILES string of the molecule is [C-]#[N+]c1ccccc1-c1cc(-c2ccccc2[N+]#[C-])cc(-n2c3ccccc3c3c4c5ccccc5n(-c5cc(-c6ccccc6[N+]#[C-])cc(-c6ccccc6[N+]#[C-])c5)c4ccc32)c1. The Balaban J connectivity index is 1.23. The van der Waals surface area contributed by atoms with Gasteiger partial charge in [0.1, 0.15) is 0 Å². The normalized spacial score (nSPS) is 11.1. The molecule has 0 atom stereocenters. The van der Waals surface area contributed by atoms with Crippen LogP contribution in [0.25, 0.3) is 119 Å². The van der Waals surface area contributed by atoms with Gasteiger partial charge in [-0.05, 0) is 105 Å². The maximum absolute atomic E-state index is 8.03. The lowest BCUT2D eigenvalue weighted by Gasteiger charge is -2.16. The summed E-state index contributed by atoms with van der Waals surface area (Å²) < 4.78 is 4.62. The molecular formula is C58H32N6. The molecule has 2 heterocycles. The number of hydrogen-bond acceptors (Lipinski definition) is 0. The maximum Gasteiger partial charge on any atom is 0.194 e. The van der Waals surface area contributed by atoms with E-state index in [-0.39, 0.29) is 0 Å². The van der Waals surface area contributed by atoms with Crippen molar-refractivity contribution in [1.82, 2.24) is 9.13 Å². The van der Waals surface area contributed by atoms with Crippen LogP contribution in [-0.2, 0) is 0 Å². The average molecular weight is 813 g/mol. The molecule has 0 unspecified atom stereocenters. The summed E-state index contributed by atoms with van der Waals surface area (Å²) in [6.45, 7) is 32.1. The number of rotatable bonds is 6. The molecule has 2 aromatic heterocycles. The zero-order chi connectivity index (χ0) is 43.3. The van der Waals surface area contributed by atoms with Crippen LogP contribution in [0.3, 0.4) is 0 Å². The van der Waals surface area contributed by atoms with Crippen molar-refractivity contribution < 1.29 is 0 Å². The van der Waals surface area contributed by atoms with Gasteiger partial charge in [-0.15, -0.1) is 0 Å². The van der Waals surface area contributed by atoms with E-state index in [0.29, 0.717) is 22.7 Å². The highest BCUT2D eigenvalue weighted by Gasteiger charge is 2.23. The summed E-state index contributed by atoms with van der Waals surface area (Å²) in [5.74, 6) is 0. The molecule has 0 radical (unpaired) electrons. The van der Waals surface area contributed by atoms with Crippen LogP contribution in [0, 0.1) is 26.3 Å². The largest absolute Gasteiger partial charge is 0.309 e. The summed E-state index contributed by atoms with van der Waals surface area (Å²) in [5, 5.41) is 4.39. The second-order valence-corrected chi connectivity index (χ2v) is 15.6. The minimum absolute atomic E-state index is 0.559. The van der Waals surface area contributed by atoms with Gasteiger partial charge in [0.2, 0.25) is 0 Å². The molecule has 9 aromatic carbocycles. The van der Waals surface area contributed by atoms with Crippen molar-refractivity contribution in [1.29, 1.82) is 0 Å². The van der Waals surface area contributed by atoms with Gasteiger partial charge in [0.15, 0.2) is 22.7 Å². The molecule has 64 heavy (non-hydrogen) atoms. The van der Waals surface area contributed by atoms with Crippen molar-refractivity contribution in [2.45, 2.75) is 0 Å². The predicted octanol–water partition coefficient (Wildman–Crippen LogP) is 16.8. The van der Waals surface area contributed by atoms with Crippen molar-refractivity contribution in [2.75, 3.05) is 0 Å². The van der Waals surface area contributed by atoms with Gasteiger partial charge in [-0.25, -0.2) is 19.4 Å². The number of nitrogens with zero attached hydrogens (tertiary/aromatic N) is 6. The topological polar surface area (TPSA) is 27.3 Å². The molecule has 0 aliphatic rings. The second kappa shape index (κ2) is 15.2. The average Bonchev–Trinajstić information content (AvgIpc) is 3.89. The third-order valence-electron chi connectivity index (χ3n) is 12.2. The minimum Gasteiger partial charge on any atom is -0.309 e. The van der Waals surface area contributed by atoms with E-state index in [1.54, 1.807) is 0 Å². The first-order chi connectivity index (χ1) is 31.6. The van der Waals surface area contributed by atoms with Crippen LogP contribution in [0.2, 0.25) is 0 Å². The predicted molar refractivity (Wildman–Crippen MR) is 262 cm³/mol. The second-order valence-electron chi connectivity index (χ2n) is 15.6. The molecule has 0 aliphatic carbocycles. The van der Waals surface area contributed by atoms with Crippen LogP contribution in [0.15, 0.2) is 194 Å². The molecular weight excluding hydrogens is 781 g/mol. The molecule has 0 saturated heterocycles. The molecule has 11 rings (SSSR count). The Hall–Kier alpha value is -9.46. The first-order valence-corrected chi connectivity index (χ1v) is 20.7. The van der Waals surface area contributed by atoms with Crippen LogP contribution < -0.4 is 0 Å². The number of fused-ring (bicyclic) bond motifs is 7. The van der Waals surface area contributed by atoms with E-state index in [0.717, 1.165) is 99.5 Å². The molecule has 11 aromatic rings. The Morgan fingerprint density at radius 2 is 0.562 bits per heavy atom. The summed E-state index contributed by atoms with van der Waals surface area (Å²) in [7, 11) is 0. The lowest BCUT2D eigenvalue weighted by atomic mass is 9.96. The smallest absolute Gasteiger partial charge is 0.194 e. The van der Waals surface area contributed by atoms with E-state index in [2.05, 4.69) is 126 Å². The van der Waals surface area contributed by atoms with Crippen LogP contribution in [0.1, 0.15) is 0 Å². The summed E-state index contributed by atoms with van der Waals surface area (Å²) in [6, 6.07) is 65.0.